The van der Waals surface area contributed by atoms with Crippen molar-refractivity contribution in [2.45, 2.75) is 13.5 Å². The summed E-state index contributed by atoms with van der Waals surface area (Å²) < 4.78 is 30.7. The number of likely N-dealkylation sites (N-methyl/N-ethyl adjacent to an activating group) is 1. The highest BCUT2D eigenvalue weighted by atomic mass is 19.1. The molecule has 0 aliphatic heterocycles. The fraction of sp³-hybridized carbons (Fsp3) is 0.233. The normalized spacial score (nSPS) is 11.7. The Labute approximate surface area is 240 Å². The zero-order chi connectivity index (χ0) is 29.2. The lowest BCUT2D eigenvalue weighted by molar-refractivity contribution is 0.425. The molecule has 0 bridgehead atoms. The van der Waals surface area contributed by atoms with Crippen LogP contribution in [0.4, 0.5) is 14.5 Å². The molecule has 0 atom stereocenters. The van der Waals surface area contributed by atoms with Crippen molar-refractivity contribution in [2.24, 2.45) is 0 Å². The minimum Gasteiger partial charge on any atom is -0.384 e. The number of H-pyrrole nitrogens is 2. The number of anilines is 1. The zero-order valence-electron chi connectivity index (χ0n) is 23.5. The second kappa shape index (κ2) is 11.6. The maximum atomic E-state index is 16.1. The highest BCUT2D eigenvalue weighted by molar-refractivity contribution is 5.96. The average molecular weight is 569 g/mol. The van der Waals surface area contributed by atoms with Crippen molar-refractivity contribution in [2.75, 3.05) is 39.0 Å². The van der Waals surface area contributed by atoms with Crippen LogP contribution in [-0.2, 0) is 6.54 Å². The van der Waals surface area contributed by atoms with Gasteiger partial charge in [-0.2, -0.15) is 5.10 Å². The Kier molecular flexibility index (Phi) is 7.55. The van der Waals surface area contributed by atoms with Crippen molar-refractivity contribution in [1.82, 2.24) is 45.3 Å². The Morgan fingerprint density at radius 1 is 1.00 bits per heavy atom. The molecular formula is C30H30F2N10. The lowest BCUT2D eigenvalue weighted by atomic mass is 10.1. The van der Waals surface area contributed by atoms with Crippen LogP contribution in [0.5, 0.6) is 0 Å². The summed E-state index contributed by atoms with van der Waals surface area (Å²) in [5.74, 6) is -0.512. The second-order valence-corrected chi connectivity index (χ2v) is 10.2. The van der Waals surface area contributed by atoms with Gasteiger partial charge in [-0.25, -0.2) is 18.7 Å². The number of pyridine rings is 3. The summed E-state index contributed by atoms with van der Waals surface area (Å²) in [6.07, 6.45) is 6.46. The Morgan fingerprint density at radius 2 is 1.88 bits per heavy atom. The molecule has 0 saturated carbocycles. The monoisotopic (exact) mass is 568 g/mol. The summed E-state index contributed by atoms with van der Waals surface area (Å²) in [4.78, 5) is 23.3. The number of hydrogen-bond donors (Lipinski definition) is 4. The van der Waals surface area contributed by atoms with Crippen molar-refractivity contribution < 1.29 is 8.78 Å². The molecule has 0 radical (unpaired) electrons. The Balaban J connectivity index is 1.40. The molecule has 0 aliphatic carbocycles. The maximum absolute atomic E-state index is 16.1. The Hall–Kier alpha value is -4.81. The van der Waals surface area contributed by atoms with E-state index in [1.165, 1.54) is 18.3 Å². The van der Waals surface area contributed by atoms with Gasteiger partial charge >= 0.3 is 0 Å². The molecule has 4 N–H and O–H groups in total. The van der Waals surface area contributed by atoms with Crippen LogP contribution in [0.25, 0.3) is 56.0 Å². The molecule has 5 heterocycles. The number of aromatic nitrogens is 7. The first-order valence-electron chi connectivity index (χ1n) is 13.6. The van der Waals surface area contributed by atoms with E-state index in [-0.39, 0.29) is 11.0 Å². The molecule has 0 spiro atoms. The molecule has 6 rings (SSSR count). The molecule has 0 unspecified atom stereocenters. The number of rotatable bonds is 10. The van der Waals surface area contributed by atoms with Gasteiger partial charge in [0.25, 0.3) is 0 Å². The molecule has 5 aromatic heterocycles. The summed E-state index contributed by atoms with van der Waals surface area (Å²) in [5, 5.41) is 13.8. The number of nitrogens with one attached hydrogen (secondary N) is 4. The van der Waals surface area contributed by atoms with Crippen molar-refractivity contribution in [3.8, 4) is 33.9 Å². The lowest BCUT2D eigenvalue weighted by Crippen LogP contribution is -2.20. The van der Waals surface area contributed by atoms with Gasteiger partial charge in [0.2, 0.25) is 0 Å². The predicted octanol–water partition coefficient (Wildman–Crippen LogP) is 4.99. The third-order valence-electron chi connectivity index (χ3n) is 6.90. The molecule has 0 aliphatic rings. The van der Waals surface area contributed by atoms with Gasteiger partial charge in [0, 0.05) is 66.8 Å². The first kappa shape index (κ1) is 27.4. The first-order valence-corrected chi connectivity index (χ1v) is 13.6. The standard InChI is InChI=1S/C30H30F2N10/c1-4-33-13-17-9-19(15-34-14-17)22-16-37-29-24(25(22)32)28(40-41-29)30-38-23-5-6-36-26(27(23)39-30)18-10-20(31)12-21(11-18)35-7-8-42(2)3/h5-6,9-12,14-16,33,35H,4,7-8,13H2,1-3H3,(H,38,39)(H,37,40,41). The second-order valence-electron chi connectivity index (χ2n) is 10.2. The van der Waals surface area contributed by atoms with Crippen molar-refractivity contribution in [1.29, 1.82) is 0 Å². The summed E-state index contributed by atoms with van der Waals surface area (Å²) in [7, 11) is 3.95. The smallest absolute Gasteiger partial charge is 0.184 e. The maximum Gasteiger partial charge on any atom is 0.184 e. The summed E-state index contributed by atoms with van der Waals surface area (Å²) in [6, 6.07) is 8.38. The Morgan fingerprint density at radius 3 is 2.71 bits per heavy atom. The average Bonchev–Trinajstić information content (AvgIpc) is 3.61. The largest absolute Gasteiger partial charge is 0.384 e. The molecule has 0 amide bonds. The third-order valence-corrected chi connectivity index (χ3v) is 6.90. The van der Waals surface area contributed by atoms with Crippen LogP contribution in [0.15, 0.2) is 55.1 Å². The van der Waals surface area contributed by atoms with Gasteiger partial charge < -0.3 is 20.5 Å². The van der Waals surface area contributed by atoms with E-state index in [0.717, 1.165) is 18.7 Å². The predicted molar refractivity (Wildman–Crippen MR) is 160 cm³/mol. The van der Waals surface area contributed by atoms with Gasteiger partial charge in [-0.1, -0.05) is 6.92 Å². The van der Waals surface area contributed by atoms with E-state index in [0.29, 0.717) is 63.7 Å². The molecular weight excluding hydrogens is 538 g/mol. The molecule has 12 heteroatoms. The van der Waals surface area contributed by atoms with Crippen molar-refractivity contribution in [3.63, 3.8) is 0 Å². The van der Waals surface area contributed by atoms with Crippen LogP contribution >= 0.6 is 0 Å². The van der Waals surface area contributed by atoms with Crippen LogP contribution in [0, 0.1) is 11.6 Å². The Bertz CT molecular complexity index is 1880. The summed E-state index contributed by atoms with van der Waals surface area (Å²) in [6.45, 7) is 4.91. The van der Waals surface area contributed by atoms with Crippen LogP contribution in [0.2, 0.25) is 0 Å². The number of aromatic amines is 2. The molecule has 10 nitrogen and oxygen atoms in total. The SMILES string of the molecule is CCNCc1cncc(-c2cnc3n[nH]c(-c4nc5c(-c6cc(F)cc(NCCN(C)C)c6)nccc5[nH]4)c3c2F)c1. The van der Waals surface area contributed by atoms with Crippen LogP contribution in [-0.4, -0.2) is 73.7 Å². The number of halogens is 2. The van der Waals surface area contributed by atoms with E-state index in [9.17, 15) is 4.39 Å². The molecule has 1 aromatic carbocycles. The number of fused-ring (bicyclic) bond motifs is 2. The van der Waals surface area contributed by atoms with E-state index < -0.39 is 11.6 Å². The highest BCUT2D eigenvalue weighted by Crippen LogP contribution is 2.34. The van der Waals surface area contributed by atoms with Crippen molar-refractivity contribution in [3.05, 3.63) is 72.3 Å². The number of hydrogen-bond acceptors (Lipinski definition) is 8. The fourth-order valence-electron chi connectivity index (χ4n) is 4.84. The van der Waals surface area contributed by atoms with Gasteiger partial charge in [0.15, 0.2) is 11.5 Å². The summed E-state index contributed by atoms with van der Waals surface area (Å²) in [5.41, 5.74) is 5.32. The van der Waals surface area contributed by atoms with Gasteiger partial charge in [-0.05, 0) is 56.5 Å². The minimum atomic E-state index is -0.483. The minimum absolute atomic E-state index is 0.205. The van der Waals surface area contributed by atoms with E-state index in [1.54, 1.807) is 24.7 Å². The molecule has 214 valence electrons. The van der Waals surface area contributed by atoms with Crippen LogP contribution in [0.3, 0.4) is 0 Å². The van der Waals surface area contributed by atoms with Crippen molar-refractivity contribution >= 4 is 27.8 Å². The highest BCUT2D eigenvalue weighted by Gasteiger charge is 2.21. The third kappa shape index (κ3) is 5.41. The molecule has 6 aromatic rings. The van der Waals surface area contributed by atoms with Gasteiger partial charge in [0.1, 0.15) is 22.8 Å². The fourth-order valence-corrected chi connectivity index (χ4v) is 4.84. The first-order chi connectivity index (χ1) is 20.4. The summed E-state index contributed by atoms with van der Waals surface area (Å²) >= 11 is 0. The number of benzene rings is 1. The topological polar surface area (TPSA) is 123 Å². The van der Waals surface area contributed by atoms with Gasteiger partial charge in [-0.15, -0.1) is 0 Å². The van der Waals surface area contributed by atoms with E-state index in [4.69, 9.17) is 4.98 Å². The molecule has 0 saturated heterocycles. The van der Waals surface area contributed by atoms with E-state index >= 15 is 4.39 Å². The van der Waals surface area contributed by atoms with Crippen LogP contribution < -0.4 is 10.6 Å². The quantitative estimate of drug-likeness (QED) is 0.182. The van der Waals surface area contributed by atoms with E-state index in [1.807, 2.05) is 38.1 Å². The van der Waals surface area contributed by atoms with Gasteiger partial charge in [0.05, 0.1) is 16.6 Å². The molecule has 42 heavy (non-hydrogen) atoms. The zero-order valence-corrected chi connectivity index (χ0v) is 23.5. The molecule has 0 fully saturated rings. The number of nitrogens with zero attached hydrogens (tertiary/aromatic N) is 6. The number of imidazole rings is 1. The van der Waals surface area contributed by atoms with Gasteiger partial charge in [-0.3, -0.25) is 15.1 Å². The van der Waals surface area contributed by atoms with E-state index in [2.05, 4.69) is 40.8 Å². The van der Waals surface area contributed by atoms with Crippen LogP contribution in [0.1, 0.15) is 12.5 Å². The lowest BCUT2D eigenvalue weighted by Gasteiger charge is -2.12.